The minimum Gasteiger partial charge on any atom is -0.464 e. The van der Waals surface area contributed by atoms with Crippen molar-refractivity contribution in [2.75, 3.05) is 46.4 Å². The van der Waals surface area contributed by atoms with Gasteiger partial charge in [0.05, 0.1) is 24.9 Å². The molecule has 1 amide bonds. The number of fused-ring (bicyclic) bond motifs is 1. The Balaban J connectivity index is 1.36. The highest BCUT2D eigenvalue weighted by atomic mass is 16.5. The Bertz CT molecular complexity index is 1070. The second-order valence-corrected chi connectivity index (χ2v) is 9.89. The summed E-state index contributed by atoms with van der Waals surface area (Å²) in [7, 11) is 2.16. The SMILES string of the molecule is CN1CCC(Cc2ccccc2)(C(=O)N2CCOCC(Cc3cccc4occc34)C2)CC1. The molecule has 0 N–H and O–H groups in total. The minimum absolute atomic E-state index is 0.275. The third-order valence-corrected chi connectivity index (χ3v) is 7.50. The molecule has 1 aromatic heterocycles. The van der Waals surface area contributed by atoms with E-state index in [1.807, 2.05) is 18.2 Å². The van der Waals surface area contributed by atoms with Gasteiger partial charge in [0, 0.05) is 24.4 Å². The molecule has 1 unspecified atom stereocenters. The van der Waals surface area contributed by atoms with Crippen molar-refractivity contribution in [2.24, 2.45) is 11.3 Å². The highest BCUT2D eigenvalue weighted by Gasteiger charge is 2.43. The molecule has 2 saturated heterocycles. The largest absolute Gasteiger partial charge is 0.464 e. The van der Waals surface area contributed by atoms with Crippen LogP contribution in [-0.4, -0.2) is 62.1 Å². The van der Waals surface area contributed by atoms with Gasteiger partial charge in [0.1, 0.15) is 5.58 Å². The molecule has 0 saturated carbocycles. The molecule has 0 spiro atoms. The molecule has 0 radical (unpaired) electrons. The Hall–Kier alpha value is -2.63. The van der Waals surface area contributed by atoms with Crippen LogP contribution in [0.4, 0.5) is 0 Å². The fourth-order valence-electron chi connectivity index (χ4n) is 5.57. The van der Waals surface area contributed by atoms with Crippen LogP contribution in [0.3, 0.4) is 0 Å². The number of carbonyl (C=O) groups excluding carboxylic acids is 1. The Kier molecular flexibility index (Phi) is 6.52. The normalized spacial score (nSPS) is 21.7. The molecule has 1 atom stereocenters. The van der Waals surface area contributed by atoms with E-state index in [9.17, 15) is 4.79 Å². The average Bonchev–Trinajstić information content (AvgIpc) is 3.21. The second-order valence-electron chi connectivity index (χ2n) is 9.89. The second kappa shape index (κ2) is 9.70. The first kappa shape index (κ1) is 22.2. The number of piperidine rings is 1. The van der Waals surface area contributed by atoms with E-state index >= 15 is 0 Å². The lowest BCUT2D eigenvalue weighted by molar-refractivity contribution is -0.145. The van der Waals surface area contributed by atoms with Crippen LogP contribution in [0.5, 0.6) is 0 Å². The lowest BCUT2D eigenvalue weighted by Gasteiger charge is -2.42. The van der Waals surface area contributed by atoms with E-state index in [-0.39, 0.29) is 11.3 Å². The Morgan fingerprint density at radius 1 is 1.03 bits per heavy atom. The van der Waals surface area contributed by atoms with Crippen LogP contribution in [0.2, 0.25) is 0 Å². The maximum absolute atomic E-state index is 14.1. The summed E-state index contributed by atoms with van der Waals surface area (Å²) in [6, 6.07) is 18.8. The molecule has 2 aliphatic heterocycles. The van der Waals surface area contributed by atoms with E-state index in [2.05, 4.69) is 53.2 Å². The van der Waals surface area contributed by atoms with E-state index < -0.39 is 0 Å². The number of nitrogens with zero attached hydrogens (tertiary/aromatic N) is 2. The highest BCUT2D eigenvalue weighted by Crippen LogP contribution is 2.37. The van der Waals surface area contributed by atoms with Gasteiger partial charge >= 0.3 is 0 Å². The quantitative estimate of drug-likeness (QED) is 0.583. The molecule has 5 nitrogen and oxygen atoms in total. The van der Waals surface area contributed by atoms with Gasteiger partial charge in [0.25, 0.3) is 0 Å². The number of amides is 1. The third-order valence-electron chi connectivity index (χ3n) is 7.50. The van der Waals surface area contributed by atoms with Gasteiger partial charge in [-0.05, 0) is 69.1 Å². The molecular formula is C28H34N2O3. The van der Waals surface area contributed by atoms with Gasteiger partial charge in [-0.1, -0.05) is 42.5 Å². The van der Waals surface area contributed by atoms with Gasteiger partial charge < -0.3 is 19.0 Å². The average molecular weight is 447 g/mol. The van der Waals surface area contributed by atoms with Crippen molar-refractivity contribution in [3.63, 3.8) is 0 Å². The fourth-order valence-corrected chi connectivity index (χ4v) is 5.57. The van der Waals surface area contributed by atoms with E-state index in [0.717, 1.165) is 56.3 Å². The number of furan rings is 1. The minimum atomic E-state index is -0.326. The van der Waals surface area contributed by atoms with Gasteiger partial charge in [-0.3, -0.25) is 4.79 Å². The van der Waals surface area contributed by atoms with E-state index in [1.54, 1.807) is 6.26 Å². The van der Waals surface area contributed by atoms with Crippen molar-refractivity contribution in [1.29, 1.82) is 0 Å². The van der Waals surface area contributed by atoms with Crippen molar-refractivity contribution in [2.45, 2.75) is 25.7 Å². The molecule has 33 heavy (non-hydrogen) atoms. The summed E-state index contributed by atoms with van der Waals surface area (Å²) < 4.78 is 11.6. The summed E-state index contributed by atoms with van der Waals surface area (Å²) in [5.74, 6) is 0.591. The van der Waals surface area contributed by atoms with Crippen molar-refractivity contribution in [3.05, 3.63) is 72.0 Å². The van der Waals surface area contributed by atoms with Crippen LogP contribution in [0.25, 0.3) is 11.0 Å². The van der Waals surface area contributed by atoms with Crippen LogP contribution in [0, 0.1) is 11.3 Å². The first-order chi connectivity index (χ1) is 16.1. The summed E-state index contributed by atoms with van der Waals surface area (Å²) >= 11 is 0. The van der Waals surface area contributed by atoms with Gasteiger partial charge in [-0.15, -0.1) is 0 Å². The molecule has 0 aliphatic carbocycles. The summed E-state index contributed by atoms with van der Waals surface area (Å²) in [5, 5.41) is 1.16. The summed E-state index contributed by atoms with van der Waals surface area (Å²) in [5.41, 5.74) is 3.11. The van der Waals surface area contributed by atoms with Gasteiger partial charge in [-0.2, -0.15) is 0 Å². The van der Waals surface area contributed by atoms with Gasteiger partial charge in [0.15, 0.2) is 0 Å². The zero-order chi connectivity index (χ0) is 22.7. The first-order valence-electron chi connectivity index (χ1n) is 12.2. The zero-order valence-electron chi connectivity index (χ0n) is 19.5. The smallest absolute Gasteiger partial charge is 0.229 e. The third kappa shape index (κ3) is 4.85. The van der Waals surface area contributed by atoms with Crippen LogP contribution in [0.1, 0.15) is 24.0 Å². The van der Waals surface area contributed by atoms with Gasteiger partial charge in [-0.25, -0.2) is 0 Å². The molecular weight excluding hydrogens is 412 g/mol. The summed E-state index contributed by atoms with van der Waals surface area (Å²) in [6.07, 6.45) is 5.27. The Labute approximate surface area is 196 Å². The standard InChI is InChI=1S/C28H34N2O3/c1-29-13-11-28(12-14-29,19-22-6-3-2-4-7-22)27(31)30-15-17-32-21-23(20-30)18-24-8-5-9-26-25(24)10-16-33-26/h2-10,16,23H,11-15,17-21H2,1H3. The topological polar surface area (TPSA) is 45.9 Å². The predicted octanol–water partition coefficient (Wildman–Crippen LogP) is 4.41. The molecule has 2 aliphatic rings. The van der Waals surface area contributed by atoms with Crippen LogP contribution in [0.15, 0.2) is 65.3 Å². The van der Waals surface area contributed by atoms with Crippen molar-refractivity contribution in [1.82, 2.24) is 9.80 Å². The molecule has 2 aromatic carbocycles. The molecule has 2 fully saturated rings. The van der Waals surface area contributed by atoms with Crippen LogP contribution < -0.4 is 0 Å². The number of benzene rings is 2. The molecule has 174 valence electrons. The zero-order valence-corrected chi connectivity index (χ0v) is 19.5. The molecule has 5 heteroatoms. The van der Waals surface area contributed by atoms with Crippen molar-refractivity contribution >= 4 is 16.9 Å². The molecule has 3 aromatic rings. The van der Waals surface area contributed by atoms with Gasteiger partial charge in [0.2, 0.25) is 5.91 Å². The number of hydrogen-bond acceptors (Lipinski definition) is 4. The van der Waals surface area contributed by atoms with Crippen LogP contribution in [-0.2, 0) is 22.4 Å². The highest BCUT2D eigenvalue weighted by molar-refractivity contribution is 5.83. The predicted molar refractivity (Wildman–Crippen MR) is 130 cm³/mol. The van der Waals surface area contributed by atoms with E-state index in [1.165, 1.54) is 11.1 Å². The molecule has 3 heterocycles. The molecule has 5 rings (SSSR count). The number of likely N-dealkylation sites (tertiary alicyclic amines) is 1. The summed E-state index contributed by atoms with van der Waals surface area (Å²) in [6.45, 7) is 4.66. The Morgan fingerprint density at radius 3 is 2.67 bits per heavy atom. The maximum atomic E-state index is 14.1. The molecule has 0 bridgehead atoms. The van der Waals surface area contributed by atoms with E-state index in [4.69, 9.17) is 9.15 Å². The summed E-state index contributed by atoms with van der Waals surface area (Å²) in [4.78, 5) is 18.6. The van der Waals surface area contributed by atoms with Crippen LogP contribution >= 0.6 is 0 Å². The number of hydrogen-bond donors (Lipinski definition) is 0. The number of carbonyl (C=O) groups is 1. The lowest BCUT2D eigenvalue weighted by Crippen LogP contribution is -2.52. The van der Waals surface area contributed by atoms with Crippen molar-refractivity contribution < 1.29 is 13.9 Å². The Morgan fingerprint density at radius 2 is 1.85 bits per heavy atom. The number of ether oxygens (including phenoxy) is 1. The van der Waals surface area contributed by atoms with Crippen molar-refractivity contribution in [3.8, 4) is 0 Å². The first-order valence-corrected chi connectivity index (χ1v) is 12.2. The lowest BCUT2D eigenvalue weighted by atomic mass is 9.72. The monoisotopic (exact) mass is 446 g/mol. The number of rotatable bonds is 5. The fraction of sp³-hybridized carbons (Fsp3) is 0.464. The maximum Gasteiger partial charge on any atom is 0.229 e. The van der Waals surface area contributed by atoms with E-state index in [0.29, 0.717) is 25.7 Å².